The minimum Gasteiger partial charge on any atom is -0.496 e. The summed E-state index contributed by atoms with van der Waals surface area (Å²) in [4.78, 5) is 0. The quantitative estimate of drug-likeness (QED) is 0.817. The number of benzene rings is 2. The monoisotopic (exact) mass is 229 g/mol. The van der Waals surface area contributed by atoms with Gasteiger partial charge in [-0.25, -0.2) is 0 Å². The molecule has 0 atom stereocenters. The molecular weight excluding hydrogens is 210 g/mol. The molecule has 17 heavy (non-hydrogen) atoms. The molecule has 2 rings (SSSR count). The van der Waals surface area contributed by atoms with Gasteiger partial charge in [0.05, 0.1) is 7.11 Å². The van der Waals surface area contributed by atoms with Gasteiger partial charge in [0, 0.05) is 22.2 Å². The maximum atomic E-state index is 6.25. The van der Waals surface area contributed by atoms with E-state index in [1.807, 2.05) is 12.1 Å². The molecule has 0 bridgehead atoms. The number of hydrogen-bond acceptors (Lipinski definition) is 2. The number of anilines is 1. The van der Waals surface area contributed by atoms with Crippen LogP contribution in [0, 0.1) is 0 Å². The second-order valence-electron chi connectivity index (χ2n) is 4.16. The summed E-state index contributed by atoms with van der Waals surface area (Å²) in [7, 11) is 1.72. The minimum atomic E-state index is 0.858. The first-order valence-corrected chi connectivity index (χ1v) is 6.10. The molecule has 0 aliphatic carbocycles. The molecule has 0 heterocycles. The topological polar surface area (TPSA) is 35.2 Å². The van der Waals surface area contributed by atoms with E-state index < -0.39 is 0 Å². The standard InChI is InChI=1S/C15H19NO/c1-4-10-12-8-6-7-9-13(12)14(16)11(5-2)15(10)17-3/h6-9H,4-5,16H2,1-3H3. The highest BCUT2D eigenvalue weighted by molar-refractivity contribution is 5.99. The lowest BCUT2D eigenvalue weighted by molar-refractivity contribution is 0.406. The first-order chi connectivity index (χ1) is 8.24. The van der Waals surface area contributed by atoms with Crippen LogP contribution in [-0.2, 0) is 12.8 Å². The van der Waals surface area contributed by atoms with Crippen molar-refractivity contribution < 1.29 is 4.74 Å². The Morgan fingerprint density at radius 1 is 1.00 bits per heavy atom. The fourth-order valence-electron chi connectivity index (χ4n) is 2.52. The van der Waals surface area contributed by atoms with Crippen LogP contribution in [0.15, 0.2) is 24.3 Å². The van der Waals surface area contributed by atoms with Crippen LogP contribution < -0.4 is 10.5 Å². The van der Waals surface area contributed by atoms with Gasteiger partial charge in [0.15, 0.2) is 0 Å². The van der Waals surface area contributed by atoms with Gasteiger partial charge < -0.3 is 10.5 Å². The number of fused-ring (bicyclic) bond motifs is 1. The zero-order valence-electron chi connectivity index (χ0n) is 10.7. The van der Waals surface area contributed by atoms with Crippen molar-refractivity contribution in [3.63, 3.8) is 0 Å². The van der Waals surface area contributed by atoms with Gasteiger partial charge in [-0.15, -0.1) is 0 Å². The minimum absolute atomic E-state index is 0.858. The van der Waals surface area contributed by atoms with Crippen LogP contribution in [0.4, 0.5) is 5.69 Å². The summed E-state index contributed by atoms with van der Waals surface area (Å²) in [5, 5.41) is 2.35. The van der Waals surface area contributed by atoms with E-state index in [1.165, 1.54) is 10.9 Å². The number of ether oxygens (including phenoxy) is 1. The molecule has 90 valence electrons. The van der Waals surface area contributed by atoms with Gasteiger partial charge in [0.25, 0.3) is 0 Å². The van der Waals surface area contributed by atoms with E-state index >= 15 is 0 Å². The molecule has 2 heteroatoms. The predicted molar refractivity (Wildman–Crippen MR) is 73.7 cm³/mol. The Kier molecular flexibility index (Phi) is 3.23. The largest absolute Gasteiger partial charge is 0.496 e. The molecule has 0 fully saturated rings. The Balaban J connectivity index is 2.93. The van der Waals surface area contributed by atoms with Crippen molar-refractivity contribution in [3.8, 4) is 5.75 Å². The Hall–Kier alpha value is -1.70. The maximum absolute atomic E-state index is 6.25. The van der Waals surface area contributed by atoms with Crippen LogP contribution in [0.2, 0.25) is 0 Å². The van der Waals surface area contributed by atoms with Crippen molar-refractivity contribution in [2.24, 2.45) is 0 Å². The molecule has 2 N–H and O–H groups in total. The second-order valence-corrected chi connectivity index (χ2v) is 4.16. The third-order valence-electron chi connectivity index (χ3n) is 3.33. The highest BCUT2D eigenvalue weighted by Gasteiger charge is 2.15. The number of rotatable bonds is 3. The Morgan fingerprint density at radius 3 is 2.12 bits per heavy atom. The first kappa shape index (κ1) is 11.8. The van der Waals surface area contributed by atoms with E-state index in [4.69, 9.17) is 10.5 Å². The highest BCUT2D eigenvalue weighted by Crippen LogP contribution is 2.38. The van der Waals surface area contributed by atoms with Gasteiger partial charge in [0.1, 0.15) is 5.75 Å². The summed E-state index contributed by atoms with van der Waals surface area (Å²) in [5.74, 6) is 0.964. The number of hydrogen-bond donors (Lipinski definition) is 1. The summed E-state index contributed by atoms with van der Waals surface area (Å²) in [6.45, 7) is 4.27. The van der Waals surface area contributed by atoms with Crippen molar-refractivity contribution in [1.29, 1.82) is 0 Å². The van der Waals surface area contributed by atoms with Crippen LogP contribution in [0.5, 0.6) is 5.75 Å². The number of nitrogens with two attached hydrogens (primary N) is 1. The van der Waals surface area contributed by atoms with Crippen LogP contribution in [0.1, 0.15) is 25.0 Å². The van der Waals surface area contributed by atoms with E-state index in [0.717, 1.165) is 35.2 Å². The zero-order chi connectivity index (χ0) is 12.4. The van der Waals surface area contributed by atoms with E-state index in [9.17, 15) is 0 Å². The van der Waals surface area contributed by atoms with E-state index in [2.05, 4.69) is 26.0 Å². The lowest BCUT2D eigenvalue weighted by Gasteiger charge is -2.18. The van der Waals surface area contributed by atoms with Crippen molar-refractivity contribution in [2.75, 3.05) is 12.8 Å². The predicted octanol–water partition coefficient (Wildman–Crippen LogP) is 3.56. The number of nitrogen functional groups attached to an aromatic ring is 1. The lowest BCUT2D eigenvalue weighted by Crippen LogP contribution is -2.02. The first-order valence-electron chi connectivity index (χ1n) is 6.10. The Morgan fingerprint density at radius 2 is 1.59 bits per heavy atom. The zero-order valence-corrected chi connectivity index (χ0v) is 10.7. The summed E-state index contributed by atoms with van der Waals surface area (Å²) in [5.41, 5.74) is 9.49. The third kappa shape index (κ3) is 1.74. The van der Waals surface area contributed by atoms with Gasteiger partial charge in [0.2, 0.25) is 0 Å². The van der Waals surface area contributed by atoms with Gasteiger partial charge >= 0.3 is 0 Å². The van der Waals surface area contributed by atoms with Gasteiger partial charge in [-0.3, -0.25) is 0 Å². The summed E-state index contributed by atoms with van der Waals surface area (Å²) < 4.78 is 5.57. The number of methoxy groups -OCH3 is 1. The molecule has 0 aliphatic rings. The van der Waals surface area contributed by atoms with Crippen molar-refractivity contribution in [1.82, 2.24) is 0 Å². The molecule has 0 aromatic heterocycles. The summed E-state index contributed by atoms with van der Waals surface area (Å²) >= 11 is 0. The second kappa shape index (κ2) is 4.66. The summed E-state index contributed by atoms with van der Waals surface area (Å²) in [6.07, 6.45) is 1.85. The van der Waals surface area contributed by atoms with Crippen LogP contribution in [-0.4, -0.2) is 7.11 Å². The van der Waals surface area contributed by atoms with Gasteiger partial charge in [-0.2, -0.15) is 0 Å². The van der Waals surface area contributed by atoms with Crippen LogP contribution in [0.3, 0.4) is 0 Å². The Labute approximate surface area is 102 Å². The molecule has 0 radical (unpaired) electrons. The molecule has 0 spiro atoms. The van der Waals surface area contributed by atoms with Gasteiger partial charge in [-0.05, 0) is 18.2 Å². The summed E-state index contributed by atoms with van der Waals surface area (Å²) in [6, 6.07) is 8.28. The number of aryl methyl sites for hydroxylation is 1. The maximum Gasteiger partial charge on any atom is 0.127 e. The van der Waals surface area contributed by atoms with E-state index in [-0.39, 0.29) is 0 Å². The normalized spacial score (nSPS) is 10.8. The average molecular weight is 229 g/mol. The van der Waals surface area contributed by atoms with E-state index in [0.29, 0.717) is 0 Å². The fourth-order valence-corrected chi connectivity index (χ4v) is 2.52. The highest BCUT2D eigenvalue weighted by atomic mass is 16.5. The van der Waals surface area contributed by atoms with Crippen LogP contribution >= 0.6 is 0 Å². The molecule has 0 saturated carbocycles. The molecule has 2 aromatic rings. The van der Waals surface area contributed by atoms with Crippen molar-refractivity contribution >= 4 is 16.5 Å². The Bertz CT molecular complexity index is 546. The van der Waals surface area contributed by atoms with Crippen LogP contribution in [0.25, 0.3) is 10.8 Å². The average Bonchev–Trinajstić information content (AvgIpc) is 2.38. The third-order valence-corrected chi connectivity index (χ3v) is 3.33. The smallest absolute Gasteiger partial charge is 0.127 e. The van der Waals surface area contributed by atoms with Crippen molar-refractivity contribution in [3.05, 3.63) is 35.4 Å². The molecule has 2 nitrogen and oxygen atoms in total. The SMILES string of the molecule is CCc1c(OC)c(CC)c2ccccc2c1N. The fraction of sp³-hybridized carbons (Fsp3) is 0.333. The lowest BCUT2D eigenvalue weighted by atomic mass is 9.94. The molecule has 0 aliphatic heterocycles. The van der Waals surface area contributed by atoms with E-state index in [1.54, 1.807) is 7.11 Å². The molecule has 2 aromatic carbocycles. The molecular formula is C15H19NO. The van der Waals surface area contributed by atoms with Crippen molar-refractivity contribution in [2.45, 2.75) is 26.7 Å². The molecule has 0 saturated heterocycles. The molecule has 0 amide bonds. The molecule has 0 unspecified atom stereocenters. The van der Waals surface area contributed by atoms with Gasteiger partial charge in [-0.1, -0.05) is 38.1 Å².